The van der Waals surface area contributed by atoms with Crippen molar-refractivity contribution in [1.82, 2.24) is 0 Å². The summed E-state index contributed by atoms with van der Waals surface area (Å²) in [5.41, 5.74) is 0. The van der Waals surface area contributed by atoms with Gasteiger partial charge in [0.15, 0.2) is 0 Å². The fraction of sp³-hybridized carbons (Fsp3) is 0.0909. The fourth-order valence-corrected chi connectivity index (χ4v) is 3.57. The monoisotopic (exact) mass is 290 g/mol. The maximum atomic E-state index is 8.96. The molecule has 2 rings (SSSR count). The first-order valence-electron chi connectivity index (χ1n) is 4.51. The number of hydrogen-bond acceptors (Lipinski definition) is 3. The molecule has 1 heterocycles. The summed E-state index contributed by atoms with van der Waals surface area (Å²) >= 11 is 15.0. The lowest BCUT2D eigenvalue weighted by atomic mass is 10.4. The average Bonchev–Trinajstić information content (AvgIpc) is 2.71. The summed E-state index contributed by atoms with van der Waals surface area (Å²) in [6.45, 7) is 0.0899. The summed E-state index contributed by atoms with van der Waals surface area (Å²) < 4.78 is 1.13. The molecule has 0 atom stereocenters. The zero-order valence-electron chi connectivity index (χ0n) is 8.11. The van der Waals surface area contributed by atoms with Crippen LogP contribution in [0.25, 0.3) is 0 Å². The molecule has 1 N–H and O–H groups in total. The lowest BCUT2D eigenvalue weighted by Gasteiger charge is -2.00. The Hall–Kier alpha value is -0.190. The Morgan fingerprint density at radius 1 is 1.12 bits per heavy atom. The molecule has 0 saturated heterocycles. The van der Waals surface area contributed by atoms with Gasteiger partial charge in [0.1, 0.15) is 0 Å². The fourth-order valence-electron chi connectivity index (χ4n) is 1.15. The largest absolute Gasteiger partial charge is 0.391 e. The van der Waals surface area contributed by atoms with Gasteiger partial charge in [-0.05, 0) is 30.3 Å². The normalized spacial score (nSPS) is 10.7. The van der Waals surface area contributed by atoms with E-state index in [0.717, 1.165) is 14.0 Å². The van der Waals surface area contributed by atoms with Crippen LogP contribution in [0, 0.1) is 0 Å². The molecule has 16 heavy (non-hydrogen) atoms. The van der Waals surface area contributed by atoms with Crippen molar-refractivity contribution in [2.45, 2.75) is 15.7 Å². The molecule has 0 aliphatic carbocycles. The van der Waals surface area contributed by atoms with Crippen LogP contribution in [0.4, 0.5) is 0 Å². The highest BCUT2D eigenvalue weighted by atomic mass is 35.5. The van der Waals surface area contributed by atoms with Crippen molar-refractivity contribution in [3.63, 3.8) is 0 Å². The summed E-state index contributed by atoms with van der Waals surface area (Å²) in [5, 5.41) is 10.1. The van der Waals surface area contributed by atoms with Crippen LogP contribution in [0.1, 0.15) is 4.88 Å². The second kappa shape index (κ2) is 5.43. The van der Waals surface area contributed by atoms with Gasteiger partial charge in [-0.15, -0.1) is 11.3 Å². The molecule has 84 valence electrons. The van der Waals surface area contributed by atoms with E-state index in [0.29, 0.717) is 10.0 Å². The third-order valence-electron chi connectivity index (χ3n) is 1.90. The number of hydrogen-bond donors (Lipinski definition) is 1. The van der Waals surface area contributed by atoms with E-state index in [2.05, 4.69) is 0 Å². The maximum absolute atomic E-state index is 8.96. The SMILES string of the molecule is OCc1ccc(Sc2ccc(Cl)c(Cl)c2)s1. The Labute approximate surface area is 112 Å². The zero-order chi connectivity index (χ0) is 11.5. The predicted octanol–water partition coefficient (Wildman–Crippen LogP) is 4.70. The maximum Gasteiger partial charge on any atom is 0.0774 e. The highest BCUT2D eigenvalue weighted by Gasteiger charge is 2.04. The van der Waals surface area contributed by atoms with E-state index < -0.39 is 0 Å². The number of rotatable bonds is 3. The molecule has 2 aromatic rings. The van der Waals surface area contributed by atoms with Crippen LogP contribution in [0.15, 0.2) is 39.4 Å². The predicted molar refractivity (Wildman–Crippen MR) is 70.8 cm³/mol. The van der Waals surface area contributed by atoms with Gasteiger partial charge in [-0.25, -0.2) is 0 Å². The lowest BCUT2D eigenvalue weighted by Crippen LogP contribution is -1.72. The number of aliphatic hydroxyl groups is 1. The Balaban J connectivity index is 2.17. The summed E-state index contributed by atoms with van der Waals surface area (Å²) in [7, 11) is 0. The van der Waals surface area contributed by atoms with Gasteiger partial charge >= 0.3 is 0 Å². The smallest absolute Gasteiger partial charge is 0.0774 e. The van der Waals surface area contributed by atoms with Crippen molar-refractivity contribution in [2.75, 3.05) is 0 Å². The van der Waals surface area contributed by atoms with E-state index in [1.807, 2.05) is 24.3 Å². The Morgan fingerprint density at radius 2 is 1.94 bits per heavy atom. The van der Waals surface area contributed by atoms with E-state index in [-0.39, 0.29) is 6.61 Å². The number of aliphatic hydroxyl groups excluding tert-OH is 1. The van der Waals surface area contributed by atoms with Crippen LogP contribution < -0.4 is 0 Å². The van der Waals surface area contributed by atoms with Crippen molar-refractivity contribution in [1.29, 1.82) is 0 Å². The van der Waals surface area contributed by atoms with E-state index >= 15 is 0 Å². The van der Waals surface area contributed by atoms with Gasteiger partial charge in [0.05, 0.1) is 20.9 Å². The minimum Gasteiger partial charge on any atom is -0.391 e. The van der Waals surface area contributed by atoms with Crippen molar-refractivity contribution in [3.05, 3.63) is 45.3 Å². The van der Waals surface area contributed by atoms with Crippen LogP contribution in [-0.2, 0) is 6.61 Å². The molecule has 0 bridgehead atoms. The van der Waals surface area contributed by atoms with E-state index in [1.165, 1.54) is 0 Å². The first-order valence-corrected chi connectivity index (χ1v) is 6.90. The molecule has 1 aromatic carbocycles. The second-order valence-corrected chi connectivity index (χ2v) is 6.41. The minimum atomic E-state index is 0.0899. The Morgan fingerprint density at radius 3 is 2.56 bits per heavy atom. The van der Waals surface area contributed by atoms with Crippen molar-refractivity contribution in [2.24, 2.45) is 0 Å². The van der Waals surface area contributed by atoms with Crippen LogP contribution in [0.2, 0.25) is 10.0 Å². The zero-order valence-corrected chi connectivity index (χ0v) is 11.3. The molecule has 0 aliphatic rings. The van der Waals surface area contributed by atoms with Crippen LogP contribution in [-0.4, -0.2) is 5.11 Å². The molecule has 0 aliphatic heterocycles. The van der Waals surface area contributed by atoms with E-state index in [9.17, 15) is 0 Å². The van der Waals surface area contributed by atoms with Crippen LogP contribution in [0.5, 0.6) is 0 Å². The summed E-state index contributed by atoms with van der Waals surface area (Å²) in [4.78, 5) is 2.00. The first-order chi connectivity index (χ1) is 7.69. The Bertz CT molecular complexity index is 496. The molecular formula is C11H8Cl2OS2. The second-order valence-electron chi connectivity index (χ2n) is 3.06. The number of halogens is 2. The highest BCUT2D eigenvalue weighted by molar-refractivity contribution is 8.01. The number of thiophene rings is 1. The van der Waals surface area contributed by atoms with Gasteiger partial charge in [0.25, 0.3) is 0 Å². The third kappa shape index (κ3) is 2.93. The van der Waals surface area contributed by atoms with Gasteiger partial charge in [-0.1, -0.05) is 35.0 Å². The van der Waals surface area contributed by atoms with Crippen molar-refractivity contribution >= 4 is 46.3 Å². The van der Waals surface area contributed by atoms with Gasteiger partial charge < -0.3 is 5.11 Å². The molecule has 1 aromatic heterocycles. The molecule has 5 heteroatoms. The minimum absolute atomic E-state index is 0.0899. The standard InChI is InChI=1S/C11H8Cl2OS2/c12-9-3-1-7(5-10(9)13)15-11-4-2-8(6-14)16-11/h1-5,14H,6H2. The molecule has 0 fully saturated rings. The van der Waals surface area contributed by atoms with Crippen LogP contribution in [0.3, 0.4) is 0 Å². The summed E-state index contributed by atoms with van der Waals surface area (Å²) in [6.07, 6.45) is 0. The van der Waals surface area contributed by atoms with Gasteiger partial charge in [0.2, 0.25) is 0 Å². The molecule has 0 spiro atoms. The topological polar surface area (TPSA) is 20.2 Å². The average molecular weight is 291 g/mol. The molecule has 0 saturated carbocycles. The van der Waals surface area contributed by atoms with Crippen LogP contribution >= 0.6 is 46.3 Å². The molecule has 0 amide bonds. The summed E-state index contributed by atoms with van der Waals surface area (Å²) in [6, 6.07) is 9.46. The first kappa shape index (κ1) is 12.3. The van der Waals surface area contributed by atoms with E-state index in [1.54, 1.807) is 29.2 Å². The molecule has 0 radical (unpaired) electrons. The van der Waals surface area contributed by atoms with Crippen molar-refractivity contribution in [3.8, 4) is 0 Å². The molecular weight excluding hydrogens is 283 g/mol. The molecule has 0 unspecified atom stereocenters. The van der Waals surface area contributed by atoms with Gasteiger partial charge in [-0.3, -0.25) is 0 Å². The Kier molecular flexibility index (Phi) is 4.16. The van der Waals surface area contributed by atoms with Crippen molar-refractivity contribution < 1.29 is 5.11 Å². The third-order valence-corrected chi connectivity index (χ3v) is 4.83. The molecule has 1 nitrogen and oxygen atoms in total. The van der Waals surface area contributed by atoms with Gasteiger partial charge in [0, 0.05) is 9.77 Å². The van der Waals surface area contributed by atoms with E-state index in [4.69, 9.17) is 28.3 Å². The summed E-state index contributed by atoms with van der Waals surface area (Å²) in [5.74, 6) is 0. The highest BCUT2D eigenvalue weighted by Crippen LogP contribution is 2.36. The lowest BCUT2D eigenvalue weighted by molar-refractivity contribution is 0.285. The quantitative estimate of drug-likeness (QED) is 0.884. The van der Waals surface area contributed by atoms with Gasteiger partial charge in [-0.2, -0.15) is 0 Å². The number of benzene rings is 1.